The van der Waals surface area contributed by atoms with Gasteiger partial charge in [-0.15, -0.1) is 0 Å². The van der Waals surface area contributed by atoms with Crippen molar-refractivity contribution in [1.82, 2.24) is 9.78 Å². The molecule has 1 saturated heterocycles. The third-order valence-electron chi connectivity index (χ3n) is 3.71. The van der Waals surface area contributed by atoms with E-state index < -0.39 is 0 Å². The third kappa shape index (κ3) is 3.15. The van der Waals surface area contributed by atoms with Gasteiger partial charge < -0.3 is 10.6 Å². The number of rotatable bonds is 4. The number of nitrogens with two attached hydrogens (primary N) is 1. The summed E-state index contributed by atoms with van der Waals surface area (Å²) < 4.78 is 1.44. The molecule has 0 saturated carbocycles. The molecule has 5 nitrogen and oxygen atoms in total. The van der Waals surface area contributed by atoms with E-state index in [1.54, 1.807) is 6.20 Å². The van der Waals surface area contributed by atoms with E-state index in [9.17, 15) is 4.79 Å². The van der Waals surface area contributed by atoms with Gasteiger partial charge in [0, 0.05) is 25.7 Å². The van der Waals surface area contributed by atoms with E-state index in [1.165, 1.54) is 11.1 Å². The van der Waals surface area contributed by atoms with Gasteiger partial charge in [0.2, 0.25) is 0 Å². The zero-order chi connectivity index (χ0) is 14.7. The number of halogens is 1. The highest BCUT2D eigenvalue weighted by molar-refractivity contribution is 6.33. The molecule has 1 atom stereocenters. The van der Waals surface area contributed by atoms with Crippen LogP contribution in [-0.4, -0.2) is 28.9 Å². The monoisotopic (exact) mass is 298 g/mol. The van der Waals surface area contributed by atoms with Crippen LogP contribution in [0.2, 0.25) is 5.02 Å². The lowest BCUT2D eigenvalue weighted by molar-refractivity contribution is 0.452. The lowest BCUT2D eigenvalue weighted by Crippen LogP contribution is -2.45. The normalized spacial score (nSPS) is 19.6. The maximum Gasteiger partial charge on any atom is 0.287 e. The van der Waals surface area contributed by atoms with Gasteiger partial charge in [0.1, 0.15) is 5.02 Å². The number of hydrogen-bond donors (Lipinski definition) is 1. The van der Waals surface area contributed by atoms with E-state index in [4.69, 9.17) is 17.3 Å². The summed E-state index contributed by atoms with van der Waals surface area (Å²) in [5.74, 6) is 0.355. The first-order valence-corrected chi connectivity index (χ1v) is 7.64. The maximum atomic E-state index is 12.3. The van der Waals surface area contributed by atoms with Gasteiger partial charge in [-0.2, -0.15) is 5.10 Å². The molecule has 2 heterocycles. The lowest BCUT2D eigenvalue weighted by atomic mass is 10.0. The second kappa shape index (κ2) is 6.59. The van der Waals surface area contributed by atoms with Crippen LogP contribution < -0.4 is 16.2 Å². The van der Waals surface area contributed by atoms with Gasteiger partial charge in [-0.3, -0.25) is 4.79 Å². The van der Waals surface area contributed by atoms with Crippen LogP contribution >= 0.6 is 11.6 Å². The minimum absolute atomic E-state index is 0.209. The van der Waals surface area contributed by atoms with Crippen molar-refractivity contribution in [3.05, 3.63) is 21.6 Å². The largest absolute Gasteiger partial charge is 0.365 e. The minimum atomic E-state index is -0.209. The second-order valence-electron chi connectivity index (χ2n) is 5.80. The molecular formula is C14H23ClN4O. The number of nitrogens with zero attached hydrogens (tertiary/aromatic N) is 3. The van der Waals surface area contributed by atoms with Crippen LogP contribution in [0.4, 0.5) is 5.69 Å². The molecule has 112 valence electrons. The zero-order valence-corrected chi connectivity index (χ0v) is 12.9. The molecule has 1 aromatic rings. The van der Waals surface area contributed by atoms with E-state index in [1.807, 2.05) is 13.8 Å². The summed E-state index contributed by atoms with van der Waals surface area (Å²) in [5.41, 5.74) is 6.35. The number of aromatic nitrogens is 2. The molecule has 1 aromatic heterocycles. The summed E-state index contributed by atoms with van der Waals surface area (Å²) in [6.07, 6.45) is 5.03. The zero-order valence-electron chi connectivity index (χ0n) is 12.2. The Balaban J connectivity index is 2.33. The van der Waals surface area contributed by atoms with Crippen LogP contribution in [-0.2, 0) is 6.54 Å². The van der Waals surface area contributed by atoms with E-state index >= 15 is 0 Å². The van der Waals surface area contributed by atoms with E-state index in [0.29, 0.717) is 19.0 Å². The standard InChI is InChI=1S/C14H23ClN4O/c1-10(2)9-19-14(20)13(15)12(8-17-19)18-6-4-3-5-11(18)7-16/h8,10-11H,3-7,9,16H2,1-2H3. The Morgan fingerprint density at radius 2 is 2.25 bits per heavy atom. The molecule has 0 aliphatic carbocycles. The molecule has 1 aliphatic heterocycles. The average molecular weight is 299 g/mol. The van der Waals surface area contributed by atoms with Gasteiger partial charge in [-0.05, 0) is 25.2 Å². The van der Waals surface area contributed by atoms with Crippen molar-refractivity contribution < 1.29 is 0 Å². The van der Waals surface area contributed by atoms with Crippen molar-refractivity contribution in [2.24, 2.45) is 11.7 Å². The first-order chi connectivity index (χ1) is 9.54. The highest BCUT2D eigenvalue weighted by Crippen LogP contribution is 2.28. The number of anilines is 1. The maximum absolute atomic E-state index is 12.3. The van der Waals surface area contributed by atoms with Crippen LogP contribution in [0.1, 0.15) is 33.1 Å². The highest BCUT2D eigenvalue weighted by atomic mass is 35.5. The smallest absolute Gasteiger partial charge is 0.287 e. The Morgan fingerprint density at radius 1 is 1.50 bits per heavy atom. The summed E-state index contributed by atoms with van der Waals surface area (Å²) in [6.45, 7) is 6.14. The summed E-state index contributed by atoms with van der Waals surface area (Å²) in [6, 6.07) is 0.253. The molecule has 6 heteroatoms. The van der Waals surface area contributed by atoms with Crippen molar-refractivity contribution in [3.8, 4) is 0 Å². The molecule has 2 rings (SSSR count). The van der Waals surface area contributed by atoms with E-state index in [-0.39, 0.29) is 16.6 Å². The van der Waals surface area contributed by atoms with Crippen molar-refractivity contribution in [3.63, 3.8) is 0 Å². The predicted molar refractivity (Wildman–Crippen MR) is 82.4 cm³/mol. The molecule has 0 bridgehead atoms. The molecule has 0 amide bonds. The molecule has 20 heavy (non-hydrogen) atoms. The minimum Gasteiger partial charge on any atom is -0.365 e. The first kappa shape index (κ1) is 15.3. The molecule has 1 unspecified atom stereocenters. The first-order valence-electron chi connectivity index (χ1n) is 7.27. The van der Waals surface area contributed by atoms with Crippen molar-refractivity contribution in [2.45, 2.75) is 45.7 Å². The van der Waals surface area contributed by atoms with Gasteiger partial charge in [0.15, 0.2) is 0 Å². The Labute approximate surface area is 124 Å². The molecule has 0 aromatic carbocycles. The Morgan fingerprint density at radius 3 is 2.90 bits per heavy atom. The predicted octanol–water partition coefficient (Wildman–Crippen LogP) is 1.87. The second-order valence-corrected chi connectivity index (χ2v) is 6.18. The van der Waals surface area contributed by atoms with Crippen molar-refractivity contribution >= 4 is 17.3 Å². The highest BCUT2D eigenvalue weighted by Gasteiger charge is 2.25. The molecule has 1 aliphatic rings. The van der Waals surface area contributed by atoms with Crippen LogP contribution in [0.5, 0.6) is 0 Å². The fraction of sp³-hybridized carbons (Fsp3) is 0.714. The van der Waals surface area contributed by atoms with Crippen molar-refractivity contribution in [1.29, 1.82) is 0 Å². The van der Waals surface area contributed by atoms with Gasteiger partial charge in [-0.1, -0.05) is 25.4 Å². The van der Waals surface area contributed by atoms with Crippen molar-refractivity contribution in [2.75, 3.05) is 18.0 Å². The van der Waals surface area contributed by atoms with Gasteiger partial charge >= 0.3 is 0 Å². The van der Waals surface area contributed by atoms with Gasteiger partial charge in [-0.25, -0.2) is 4.68 Å². The fourth-order valence-corrected chi connectivity index (χ4v) is 2.95. The summed E-state index contributed by atoms with van der Waals surface area (Å²) in [4.78, 5) is 14.4. The number of piperidine rings is 1. The molecule has 1 fully saturated rings. The van der Waals surface area contributed by atoms with Crippen LogP contribution in [0.25, 0.3) is 0 Å². The van der Waals surface area contributed by atoms with Crippen LogP contribution in [0.3, 0.4) is 0 Å². The summed E-state index contributed by atoms with van der Waals surface area (Å²) in [5, 5.41) is 4.53. The van der Waals surface area contributed by atoms with Crippen LogP contribution in [0.15, 0.2) is 11.0 Å². The summed E-state index contributed by atoms with van der Waals surface area (Å²) >= 11 is 6.28. The van der Waals surface area contributed by atoms with E-state index in [2.05, 4.69) is 10.00 Å². The van der Waals surface area contributed by atoms with Gasteiger partial charge in [0.05, 0.1) is 11.9 Å². The molecular weight excluding hydrogens is 276 g/mol. The topological polar surface area (TPSA) is 64.2 Å². The Kier molecular flexibility index (Phi) is 5.05. The summed E-state index contributed by atoms with van der Waals surface area (Å²) in [7, 11) is 0. The van der Waals surface area contributed by atoms with Gasteiger partial charge in [0.25, 0.3) is 5.56 Å². The Hall–Kier alpha value is -1.07. The quantitative estimate of drug-likeness (QED) is 0.922. The third-order valence-corrected chi connectivity index (χ3v) is 4.07. The average Bonchev–Trinajstić information content (AvgIpc) is 2.44. The molecule has 2 N–H and O–H groups in total. The SMILES string of the molecule is CC(C)Cn1ncc(N2CCCCC2CN)c(Cl)c1=O. The lowest BCUT2D eigenvalue weighted by Gasteiger charge is -2.37. The Bertz CT molecular complexity index is 514. The molecule has 0 radical (unpaired) electrons. The number of hydrogen-bond acceptors (Lipinski definition) is 4. The van der Waals surface area contributed by atoms with Crippen LogP contribution in [0, 0.1) is 5.92 Å². The fourth-order valence-electron chi connectivity index (χ4n) is 2.70. The van der Waals surface area contributed by atoms with E-state index in [0.717, 1.165) is 25.1 Å². The molecule has 0 spiro atoms.